The fraction of sp³-hybridized carbons (Fsp3) is 0.571. The second kappa shape index (κ2) is 6.55. The Morgan fingerprint density at radius 1 is 1.32 bits per heavy atom. The lowest BCUT2D eigenvalue weighted by atomic mass is 10.1. The third-order valence-electron chi connectivity index (χ3n) is 3.78. The quantitative estimate of drug-likeness (QED) is 0.897. The molecule has 1 unspecified atom stereocenters. The van der Waals surface area contributed by atoms with E-state index in [0.29, 0.717) is 13.1 Å². The molecule has 0 aliphatic carbocycles. The summed E-state index contributed by atoms with van der Waals surface area (Å²) in [6, 6.07) is 4.64. The molecule has 4 nitrogen and oxygen atoms in total. The summed E-state index contributed by atoms with van der Waals surface area (Å²) in [7, 11) is -2.05. The van der Waals surface area contributed by atoms with E-state index in [9.17, 15) is 21.6 Å². The number of alkyl halides is 3. The van der Waals surface area contributed by atoms with Crippen LogP contribution in [0.3, 0.4) is 0 Å². The van der Waals surface area contributed by atoms with E-state index in [4.69, 9.17) is 0 Å². The van der Waals surface area contributed by atoms with Gasteiger partial charge in [-0.1, -0.05) is 18.2 Å². The number of halogens is 3. The van der Waals surface area contributed by atoms with E-state index in [1.54, 1.807) is 7.05 Å². The van der Waals surface area contributed by atoms with Gasteiger partial charge in [-0.2, -0.15) is 17.5 Å². The van der Waals surface area contributed by atoms with Crippen LogP contribution in [0, 0.1) is 0 Å². The Balaban J connectivity index is 2.26. The summed E-state index contributed by atoms with van der Waals surface area (Å²) in [4.78, 5) is 0. The number of nitrogens with one attached hydrogen (secondary N) is 1. The van der Waals surface area contributed by atoms with Gasteiger partial charge in [-0.15, -0.1) is 0 Å². The molecule has 1 fully saturated rings. The molecule has 0 spiro atoms. The zero-order valence-corrected chi connectivity index (χ0v) is 13.0. The number of rotatable bonds is 5. The zero-order chi connectivity index (χ0) is 16.4. The summed E-state index contributed by atoms with van der Waals surface area (Å²) in [5, 5.41) is 2.93. The highest BCUT2D eigenvalue weighted by Crippen LogP contribution is 2.33. The van der Waals surface area contributed by atoms with Crippen molar-refractivity contribution in [3.63, 3.8) is 0 Å². The van der Waals surface area contributed by atoms with Crippen LogP contribution in [0.1, 0.15) is 24.0 Å². The summed E-state index contributed by atoms with van der Waals surface area (Å²) in [6.07, 6.45) is -3.10. The van der Waals surface area contributed by atoms with Crippen LogP contribution >= 0.6 is 0 Å². The van der Waals surface area contributed by atoms with Gasteiger partial charge in [-0.3, -0.25) is 0 Å². The van der Waals surface area contributed by atoms with Crippen LogP contribution in [0.4, 0.5) is 13.2 Å². The molecule has 0 saturated carbocycles. The molecule has 0 bridgehead atoms. The molecule has 8 heteroatoms. The highest BCUT2D eigenvalue weighted by Gasteiger charge is 2.37. The van der Waals surface area contributed by atoms with Crippen molar-refractivity contribution in [2.75, 3.05) is 20.1 Å². The average Bonchev–Trinajstić information content (AvgIpc) is 2.87. The molecule has 22 heavy (non-hydrogen) atoms. The monoisotopic (exact) mass is 336 g/mol. The van der Waals surface area contributed by atoms with Gasteiger partial charge < -0.3 is 5.32 Å². The van der Waals surface area contributed by atoms with Crippen molar-refractivity contribution in [2.24, 2.45) is 0 Å². The third-order valence-corrected chi connectivity index (χ3v) is 5.65. The Morgan fingerprint density at radius 2 is 2.00 bits per heavy atom. The fourth-order valence-corrected chi connectivity index (χ4v) is 4.67. The summed E-state index contributed by atoms with van der Waals surface area (Å²) in [5.41, 5.74) is -1.09. The first-order valence-electron chi connectivity index (χ1n) is 7.05. The summed E-state index contributed by atoms with van der Waals surface area (Å²) < 4.78 is 65.3. The van der Waals surface area contributed by atoms with E-state index >= 15 is 0 Å². The van der Waals surface area contributed by atoms with Crippen LogP contribution in [0.2, 0.25) is 0 Å². The number of hydrogen-bond donors (Lipinski definition) is 1. The summed E-state index contributed by atoms with van der Waals surface area (Å²) >= 11 is 0. The van der Waals surface area contributed by atoms with Crippen LogP contribution in [0.5, 0.6) is 0 Å². The van der Waals surface area contributed by atoms with Crippen LogP contribution in [-0.2, 0) is 22.0 Å². The molecule has 1 aliphatic rings. The minimum absolute atomic E-state index is 0.187. The van der Waals surface area contributed by atoms with Gasteiger partial charge in [0.05, 0.1) is 11.3 Å². The topological polar surface area (TPSA) is 49.4 Å². The Bertz CT molecular complexity index is 617. The van der Waals surface area contributed by atoms with Crippen molar-refractivity contribution in [3.05, 3.63) is 35.4 Å². The summed E-state index contributed by atoms with van der Waals surface area (Å²) in [5.74, 6) is -0.622. The molecule has 1 atom stereocenters. The maximum absolute atomic E-state index is 13.0. The van der Waals surface area contributed by atoms with Crippen LogP contribution in [-0.4, -0.2) is 38.9 Å². The number of benzene rings is 1. The largest absolute Gasteiger partial charge is 0.416 e. The number of likely N-dealkylation sites (N-methyl/N-ethyl adjacent to an activating group) is 1. The van der Waals surface area contributed by atoms with Gasteiger partial charge in [0.1, 0.15) is 0 Å². The normalized spacial score (nSPS) is 20.5. The molecular weight excluding hydrogens is 317 g/mol. The van der Waals surface area contributed by atoms with Gasteiger partial charge in [-0.25, -0.2) is 8.42 Å². The maximum Gasteiger partial charge on any atom is 0.416 e. The first-order valence-corrected chi connectivity index (χ1v) is 8.66. The van der Waals surface area contributed by atoms with Gasteiger partial charge in [0.25, 0.3) is 0 Å². The van der Waals surface area contributed by atoms with Gasteiger partial charge in [-0.05, 0) is 31.5 Å². The smallest absolute Gasteiger partial charge is 0.318 e. The average molecular weight is 336 g/mol. The molecule has 2 rings (SSSR count). The highest BCUT2D eigenvalue weighted by atomic mass is 32.2. The van der Waals surface area contributed by atoms with E-state index in [1.165, 1.54) is 22.5 Å². The van der Waals surface area contributed by atoms with E-state index < -0.39 is 27.5 Å². The highest BCUT2D eigenvalue weighted by molar-refractivity contribution is 7.88. The Hall–Kier alpha value is -1.12. The van der Waals surface area contributed by atoms with Crippen LogP contribution in [0.15, 0.2) is 24.3 Å². The van der Waals surface area contributed by atoms with E-state index in [0.717, 1.165) is 18.9 Å². The second-order valence-corrected chi connectivity index (χ2v) is 7.30. The Kier molecular flexibility index (Phi) is 5.14. The molecule has 1 aliphatic heterocycles. The molecular formula is C14H19F3N2O2S. The molecule has 0 radical (unpaired) electrons. The minimum Gasteiger partial charge on any atom is -0.318 e. The lowest BCUT2D eigenvalue weighted by molar-refractivity contribution is -0.138. The van der Waals surface area contributed by atoms with Gasteiger partial charge in [0, 0.05) is 19.1 Å². The number of nitrogens with zero attached hydrogens (tertiary/aromatic N) is 1. The number of sulfonamides is 1. The van der Waals surface area contributed by atoms with Crippen molar-refractivity contribution in [2.45, 2.75) is 30.8 Å². The van der Waals surface area contributed by atoms with Crippen molar-refractivity contribution >= 4 is 10.0 Å². The minimum atomic E-state index is -4.55. The molecule has 1 N–H and O–H groups in total. The van der Waals surface area contributed by atoms with Crippen LogP contribution < -0.4 is 5.32 Å². The second-order valence-electron chi connectivity index (χ2n) is 5.38. The predicted molar refractivity (Wildman–Crippen MR) is 77.7 cm³/mol. The van der Waals surface area contributed by atoms with Crippen molar-refractivity contribution in [1.29, 1.82) is 0 Å². The molecule has 0 amide bonds. The maximum atomic E-state index is 13.0. The SMILES string of the molecule is CNCC1CCCN1S(=O)(=O)Cc1ccccc1C(F)(F)F. The van der Waals surface area contributed by atoms with Gasteiger partial charge in [0.2, 0.25) is 10.0 Å². The standard InChI is InChI=1S/C14H19F3N2O2S/c1-18-9-12-6-4-8-19(12)22(20,21)10-11-5-2-3-7-13(11)14(15,16)17/h2-3,5,7,12,18H,4,6,8-10H2,1H3. The third kappa shape index (κ3) is 3.80. The van der Waals surface area contributed by atoms with E-state index in [2.05, 4.69) is 5.32 Å². The van der Waals surface area contributed by atoms with E-state index in [1.807, 2.05) is 0 Å². The Labute approximate surface area is 128 Å². The summed E-state index contributed by atoms with van der Waals surface area (Å²) in [6.45, 7) is 0.864. The van der Waals surface area contributed by atoms with Crippen molar-refractivity contribution in [1.82, 2.24) is 9.62 Å². The molecule has 1 aromatic carbocycles. The molecule has 1 aromatic rings. The molecule has 0 aromatic heterocycles. The Morgan fingerprint density at radius 3 is 2.64 bits per heavy atom. The lowest BCUT2D eigenvalue weighted by Crippen LogP contribution is -2.41. The van der Waals surface area contributed by atoms with Gasteiger partial charge >= 0.3 is 6.18 Å². The first kappa shape index (κ1) is 17.2. The lowest BCUT2D eigenvalue weighted by Gasteiger charge is -2.24. The van der Waals surface area contributed by atoms with Crippen LogP contribution in [0.25, 0.3) is 0 Å². The molecule has 124 valence electrons. The predicted octanol–water partition coefficient (Wildman–Crippen LogP) is 2.22. The molecule has 1 heterocycles. The van der Waals surface area contributed by atoms with E-state index in [-0.39, 0.29) is 11.6 Å². The van der Waals surface area contributed by atoms with Crippen molar-refractivity contribution in [3.8, 4) is 0 Å². The van der Waals surface area contributed by atoms with Crippen molar-refractivity contribution < 1.29 is 21.6 Å². The fourth-order valence-electron chi connectivity index (χ4n) is 2.82. The molecule has 1 saturated heterocycles. The van der Waals surface area contributed by atoms with Gasteiger partial charge in [0.15, 0.2) is 0 Å². The first-order chi connectivity index (χ1) is 10.3. The zero-order valence-electron chi connectivity index (χ0n) is 12.2. The number of hydrogen-bond acceptors (Lipinski definition) is 3.